The Labute approximate surface area is 73.3 Å². The molecule has 0 aliphatic rings. The summed E-state index contributed by atoms with van der Waals surface area (Å²) >= 11 is 0. The molecule has 0 unspecified atom stereocenters. The molecule has 0 fully saturated rings. The number of nitrogens with one attached hydrogen (secondary N) is 1. The lowest BCUT2D eigenvalue weighted by Gasteiger charge is -2.08. The van der Waals surface area contributed by atoms with Crippen molar-refractivity contribution in [3.8, 4) is 0 Å². The highest BCUT2D eigenvalue weighted by atomic mass is 16.5. The Morgan fingerprint density at radius 1 is 1.31 bits per heavy atom. The van der Waals surface area contributed by atoms with E-state index in [1.54, 1.807) is 5.32 Å². The Kier molecular flexibility index (Phi) is 4.45. The molecule has 0 spiro atoms. The molecule has 0 saturated heterocycles. The fourth-order valence-electron chi connectivity index (χ4n) is 0.563. The first-order valence-corrected chi connectivity index (χ1v) is 3.23. The minimum absolute atomic E-state index is 0.378. The molecule has 13 heavy (non-hydrogen) atoms. The van der Waals surface area contributed by atoms with Gasteiger partial charge >= 0.3 is 11.9 Å². The van der Waals surface area contributed by atoms with Crippen LogP contribution in [0.5, 0.6) is 0 Å². The second-order valence-corrected chi connectivity index (χ2v) is 2.11. The highest BCUT2D eigenvalue weighted by molar-refractivity contribution is 6.00. The Morgan fingerprint density at radius 2 is 1.77 bits per heavy atom. The summed E-state index contributed by atoms with van der Waals surface area (Å²) in [6.07, 6.45) is 0. The number of amides is 1. The molecule has 74 valence electrons. The van der Waals surface area contributed by atoms with E-state index in [9.17, 15) is 14.4 Å². The van der Waals surface area contributed by atoms with Gasteiger partial charge in [0.15, 0.2) is 0 Å². The van der Waals surface area contributed by atoms with Gasteiger partial charge < -0.3 is 20.3 Å². The van der Waals surface area contributed by atoms with Crippen molar-refractivity contribution in [1.82, 2.24) is 5.32 Å². The molecule has 0 heterocycles. The number of carboxylic acid groups (broad SMARTS) is 2. The standard InChI is InChI=1S/C6H9NO6/c1-13-2-3(8)7-4(5(9)10)6(11)12/h4H,2H2,1H3,(H,7,8)(H,9,10)(H,11,12). The summed E-state index contributed by atoms with van der Waals surface area (Å²) in [4.78, 5) is 31.2. The number of methoxy groups -OCH3 is 1. The van der Waals surface area contributed by atoms with E-state index in [4.69, 9.17) is 10.2 Å². The van der Waals surface area contributed by atoms with Crippen LogP contribution in [0.4, 0.5) is 0 Å². The Balaban J connectivity index is 4.19. The van der Waals surface area contributed by atoms with E-state index in [1.807, 2.05) is 0 Å². The van der Waals surface area contributed by atoms with Crippen LogP contribution in [0.15, 0.2) is 0 Å². The number of aliphatic carboxylic acids is 2. The summed E-state index contributed by atoms with van der Waals surface area (Å²) in [6.45, 7) is -0.378. The van der Waals surface area contributed by atoms with Crippen molar-refractivity contribution in [3.05, 3.63) is 0 Å². The first-order chi connectivity index (χ1) is 5.99. The van der Waals surface area contributed by atoms with Crippen LogP contribution in [0.3, 0.4) is 0 Å². The second-order valence-electron chi connectivity index (χ2n) is 2.11. The lowest BCUT2D eigenvalue weighted by atomic mass is 10.3. The molecule has 0 aliphatic heterocycles. The van der Waals surface area contributed by atoms with Crippen molar-refractivity contribution in [3.63, 3.8) is 0 Å². The van der Waals surface area contributed by atoms with Crippen LogP contribution >= 0.6 is 0 Å². The zero-order valence-corrected chi connectivity index (χ0v) is 6.81. The van der Waals surface area contributed by atoms with Crippen LogP contribution in [0.25, 0.3) is 0 Å². The predicted octanol–water partition coefficient (Wildman–Crippen LogP) is -1.71. The summed E-state index contributed by atoms with van der Waals surface area (Å²) in [6, 6.07) is -1.93. The summed E-state index contributed by atoms with van der Waals surface area (Å²) in [5, 5.41) is 18.4. The Hall–Kier alpha value is -1.63. The third-order valence-electron chi connectivity index (χ3n) is 1.07. The van der Waals surface area contributed by atoms with E-state index in [0.29, 0.717) is 0 Å². The van der Waals surface area contributed by atoms with Gasteiger partial charge in [-0.15, -0.1) is 0 Å². The summed E-state index contributed by atoms with van der Waals surface area (Å²) in [7, 11) is 1.23. The molecule has 0 radical (unpaired) electrons. The fraction of sp³-hybridized carbons (Fsp3) is 0.500. The number of rotatable bonds is 5. The molecule has 0 aromatic heterocycles. The smallest absolute Gasteiger partial charge is 0.338 e. The van der Waals surface area contributed by atoms with Crippen LogP contribution in [0.1, 0.15) is 0 Å². The van der Waals surface area contributed by atoms with Gasteiger partial charge in [-0.25, -0.2) is 9.59 Å². The van der Waals surface area contributed by atoms with E-state index in [2.05, 4.69) is 4.74 Å². The highest BCUT2D eigenvalue weighted by Gasteiger charge is 2.27. The molecular formula is C6H9NO6. The van der Waals surface area contributed by atoms with E-state index in [-0.39, 0.29) is 6.61 Å². The maximum absolute atomic E-state index is 10.7. The van der Waals surface area contributed by atoms with Crippen LogP contribution < -0.4 is 5.32 Å². The molecule has 1 amide bonds. The van der Waals surface area contributed by atoms with Crippen molar-refractivity contribution >= 4 is 17.8 Å². The van der Waals surface area contributed by atoms with E-state index < -0.39 is 23.9 Å². The number of carboxylic acids is 2. The average molecular weight is 191 g/mol. The molecule has 0 aliphatic carbocycles. The highest BCUT2D eigenvalue weighted by Crippen LogP contribution is 1.84. The van der Waals surface area contributed by atoms with Crippen LogP contribution in [-0.4, -0.2) is 47.8 Å². The van der Waals surface area contributed by atoms with Crippen LogP contribution in [-0.2, 0) is 19.1 Å². The minimum atomic E-state index is -1.93. The quantitative estimate of drug-likeness (QED) is 0.446. The normalized spacial score (nSPS) is 9.69. The molecular weight excluding hydrogens is 182 g/mol. The van der Waals surface area contributed by atoms with Gasteiger partial charge in [0, 0.05) is 7.11 Å². The number of carbonyl (C=O) groups excluding carboxylic acids is 1. The first-order valence-electron chi connectivity index (χ1n) is 3.23. The molecule has 0 bridgehead atoms. The summed E-state index contributed by atoms with van der Waals surface area (Å²) < 4.78 is 4.37. The Bertz CT molecular complexity index is 211. The van der Waals surface area contributed by atoms with Gasteiger partial charge in [0.1, 0.15) is 6.61 Å². The van der Waals surface area contributed by atoms with Gasteiger partial charge in [0.2, 0.25) is 11.9 Å². The SMILES string of the molecule is COCC(=O)NC(C(=O)O)C(=O)O. The van der Waals surface area contributed by atoms with Crippen LogP contribution in [0, 0.1) is 0 Å². The van der Waals surface area contributed by atoms with Crippen molar-refractivity contribution in [2.24, 2.45) is 0 Å². The third kappa shape index (κ3) is 4.06. The monoisotopic (exact) mass is 191 g/mol. The molecule has 0 aromatic carbocycles. The van der Waals surface area contributed by atoms with Gasteiger partial charge in [-0.1, -0.05) is 0 Å². The molecule has 0 atom stereocenters. The van der Waals surface area contributed by atoms with Crippen molar-refractivity contribution in [2.75, 3.05) is 13.7 Å². The summed E-state index contributed by atoms with van der Waals surface area (Å²) in [5.74, 6) is -4.05. The first kappa shape index (κ1) is 11.4. The number of carbonyl (C=O) groups is 3. The van der Waals surface area contributed by atoms with Crippen molar-refractivity contribution < 1.29 is 29.3 Å². The number of hydrogen-bond acceptors (Lipinski definition) is 4. The van der Waals surface area contributed by atoms with E-state index in [0.717, 1.165) is 0 Å². The van der Waals surface area contributed by atoms with Gasteiger partial charge in [-0.05, 0) is 0 Å². The van der Waals surface area contributed by atoms with Gasteiger partial charge in [-0.3, -0.25) is 4.79 Å². The fourth-order valence-corrected chi connectivity index (χ4v) is 0.563. The third-order valence-corrected chi connectivity index (χ3v) is 1.07. The van der Waals surface area contributed by atoms with Crippen molar-refractivity contribution in [2.45, 2.75) is 6.04 Å². The molecule has 0 rings (SSSR count). The van der Waals surface area contributed by atoms with Crippen LogP contribution in [0.2, 0.25) is 0 Å². The lowest BCUT2D eigenvalue weighted by molar-refractivity contribution is -0.153. The topological polar surface area (TPSA) is 113 Å². The molecule has 0 aromatic rings. The van der Waals surface area contributed by atoms with Gasteiger partial charge in [0.05, 0.1) is 0 Å². The van der Waals surface area contributed by atoms with E-state index in [1.165, 1.54) is 7.11 Å². The Morgan fingerprint density at radius 3 is 2.08 bits per heavy atom. The molecule has 3 N–H and O–H groups in total. The maximum Gasteiger partial charge on any atom is 0.338 e. The average Bonchev–Trinajstić information content (AvgIpc) is 1.99. The second kappa shape index (κ2) is 5.09. The zero-order chi connectivity index (χ0) is 10.4. The maximum atomic E-state index is 10.7. The van der Waals surface area contributed by atoms with E-state index >= 15 is 0 Å². The molecule has 7 heteroatoms. The summed E-state index contributed by atoms with van der Waals surface area (Å²) in [5.41, 5.74) is 0. The molecule has 0 saturated carbocycles. The minimum Gasteiger partial charge on any atom is -0.479 e. The van der Waals surface area contributed by atoms with Gasteiger partial charge in [0.25, 0.3) is 0 Å². The number of ether oxygens (including phenoxy) is 1. The largest absolute Gasteiger partial charge is 0.479 e. The number of hydrogen-bond donors (Lipinski definition) is 3. The van der Waals surface area contributed by atoms with Gasteiger partial charge in [-0.2, -0.15) is 0 Å². The zero-order valence-electron chi connectivity index (χ0n) is 6.81. The van der Waals surface area contributed by atoms with Crippen molar-refractivity contribution in [1.29, 1.82) is 0 Å². The lowest BCUT2D eigenvalue weighted by Crippen LogP contribution is -2.47. The predicted molar refractivity (Wildman–Crippen MR) is 39.1 cm³/mol. The molecule has 7 nitrogen and oxygen atoms in total.